The first kappa shape index (κ1) is 16.0. The van der Waals surface area contributed by atoms with E-state index in [1.165, 1.54) is 6.07 Å². The van der Waals surface area contributed by atoms with Gasteiger partial charge in [-0.05, 0) is 42.7 Å². The van der Waals surface area contributed by atoms with Gasteiger partial charge in [0.1, 0.15) is 5.82 Å². The Labute approximate surface area is 146 Å². The zero-order valence-corrected chi connectivity index (χ0v) is 14.6. The molecule has 130 valence electrons. The SMILES string of the molecule is Cc1cnc2nc(N3CCNCC3)n(Cc3ccc(F)c(C)c3)c2c1. The fourth-order valence-electron chi connectivity index (χ4n) is 3.34. The summed E-state index contributed by atoms with van der Waals surface area (Å²) < 4.78 is 15.8. The number of benzene rings is 1. The van der Waals surface area contributed by atoms with Crippen LogP contribution in [-0.2, 0) is 6.54 Å². The number of halogens is 1. The van der Waals surface area contributed by atoms with E-state index >= 15 is 0 Å². The maximum Gasteiger partial charge on any atom is 0.208 e. The molecular formula is C19H22FN5. The minimum Gasteiger partial charge on any atom is -0.340 e. The van der Waals surface area contributed by atoms with E-state index in [0.717, 1.165) is 54.4 Å². The lowest BCUT2D eigenvalue weighted by molar-refractivity contribution is 0.571. The van der Waals surface area contributed by atoms with Crippen molar-refractivity contribution in [3.63, 3.8) is 0 Å². The van der Waals surface area contributed by atoms with E-state index in [9.17, 15) is 4.39 Å². The van der Waals surface area contributed by atoms with Crippen molar-refractivity contribution < 1.29 is 4.39 Å². The molecule has 25 heavy (non-hydrogen) atoms. The largest absolute Gasteiger partial charge is 0.340 e. The van der Waals surface area contributed by atoms with Gasteiger partial charge in [0.05, 0.1) is 12.1 Å². The monoisotopic (exact) mass is 339 g/mol. The summed E-state index contributed by atoms with van der Waals surface area (Å²) in [6, 6.07) is 7.42. The summed E-state index contributed by atoms with van der Waals surface area (Å²) in [5.74, 6) is 0.774. The van der Waals surface area contributed by atoms with E-state index < -0.39 is 0 Å². The number of imidazole rings is 1. The van der Waals surface area contributed by atoms with Crippen molar-refractivity contribution in [1.29, 1.82) is 0 Å². The molecule has 0 unspecified atom stereocenters. The second-order valence-electron chi connectivity index (χ2n) is 6.67. The highest BCUT2D eigenvalue weighted by molar-refractivity contribution is 5.75. The second-order valence-corrected chi connectivity index (χ2v) is 6.67. The number of aromatic nitrogens is 3. The lowest BCUT2D eigenvalue weighted by Crippen LogP contribution is -2.44. The molecule has 0 saturated carbocycles. The van der Waals surface area contributed by atoms with E-state index in [2.05, 4.69) is 25.8 Å². The minimum absolute atomic E-state index is 0.168. The molecule has 0 amide bonds. The normalized spacial score (nSPS) is 15.1. The van der Waals surface area contributed by atoms with Crippen LogP contribution >= 0.6 is 0 Å². The molecule has 1 aliphatic rings. The molecule has 0 radical (unpaired) electrons. The van der Waals surface area contributed by atoms with Gasteiger partial charge in [-0.3, -0.25) is 0 Å². The third kappa shape index (κ3) is 3.09. The van der Waals surface area contributed by atoms with Crippen LogP contribution in [0, 0.1) is 19.7 Å². The third-order valence-electron chi connectivity index (χ3n) is 4.68. The molecular weight excluding hydrogens is 317 g/mol. The van der Waals surface area contributed by atoms with Gasteiger partial charge in [-0.2, -0.15) is 4.98 Å². The smallest absolute Gasteiger partial charge is 0.208 e. The third-order valence-corrected chi connectivity index (χ3v) is 4.68. The Kier molecular flexibility index (Phi) is 4.13. The van der Waals surface area contributed by atoms with Gasteiger partial charge in [-0.1, -0.05) is 12.1 Å². The second kappa shape index (κ2) is 6.44. The Balaban J connectivity index is 1.80. The molecule has 0 bridgehead atoms. The van der Waals surface area contributed by atoms with Gasteiger partial charge >= 0.3 is 0 Å². The highest BCUT2D eigenvalue weighted by atomic mass is 19.1. The van der Waals surface area contributed by atoms with Gasteiger partial charge in [0.25, 0.3) is 0 Å². The fraction of sp³-hybridized carbons (Fsp3) is 0.368. The van der Waals surface area contributed by atoms with E-state index in [0.29, 0.717) is 12.1 Å². The molecule has 1 N–H and O–H groups in total. The number of nitrogens with one attached hydrogen (secondary N) is 1. The van der Waals surface area contributed by atoms with Crippen molar-refractivity contribution in [3.8, 4) is 0 Å². The Morgan fingerprint density at radius 3 is 2.72 bits per heavy atom. The molecule has 2 aromatic heterocycles. The topological polar surface area (TPSA) is 46.0 Å². The van der Waals surface area contributed by atoms with Crippen LogP contribution in [-0.4, -0.2) is 40.7 Å². The lowest BCUT2D eigenvalue weighted by atomic mass is 10.1. The van der Waals surface area contributed by atoms with E-state index in [4.69, 9.17) is 4.98 Å². The van der Waals surface area contributed by atoms with Crippen molar-refractivity contribution in [2.75, 3.05) is 31.1 Å². The Morgan fingerprint density at radius 2 is 1.96 bits per heavy atom. The van der Waals surface area contributed by atoms with E-state index in [1.54, 1.807) is 6.92 Å². The average Bonchev–Trinajstić information content (AvgIpc) is 2.97. The van der Waals surface area contributed by atoms with E-state index in [-0.39, 0.29) is 5.82 Å². The highest BCUT2D eigenvalue weighted by Gasteiger charge is 2.20. The summed E-state index contributed by atoms with van der Waals surface area (Å²) in [7, 11) is 0. The lowest BCUT2D eigenvalue weighted by Gasteiger charge is -2.29. The summed E-state index contributed by atoms with van der Waals surface area (Å²) in [4.78, 5) is 11.6. The molecule has 6 heteroatoms. The molecule has 0 spiro atoms. The van der Waals surface area contributed by atoms with Gasteiger partial charge in [0.2, 0.25) is 5.95 Å². The van der Waals surface area contributed by atoms with Crippen molar-refractivity contribution >= 4 is 17.1 Å². The van der Waals surface area contributed by atoms with Crippen LogP contribution < -0.4 is 10.2 Å². The van der Waals surface area contributed by atoms with E-state index in [1.807, 2.05) is 25.3 Å². The zero-order chi connectivity index (χ0) is 17.4. The van der Waals surface area contributed by atoms with Crippen LogP contribution in [0.15, 0.2) is 30.5 Å². The van der Waals surface area contributed by atoms with Crippen molar-refractivity contribution in [2.45, 2.75) is 20.4 Å². The molecule has 1 aliphatic heterocycles. The first-order chi connectivity index (χ1) is 12.1. The number of hydrogen-bond donors (Lipinski definition) is 1. The van der Waals surface area contributed by atoms with Crippen LogP contribution in [0.3, 0.4) is 0 Å². The maximum atomic E-state index is 13.6. The zero-order valence-electron chi connectivity index (χ0n) is 14.6. The van der Waals surface area contributed by atoms with Gasteiger partial charge in [-0.15, -0.1) is 0 Å². The molecule has 4 rings (SSSR count). The van der Waals surface area contributed by atoms with Crippen LogP contribution in [0.25, 0.3) is 11.2 Å². The van der Waals surface area contributed by atoms with Crippen LogP contribution in [0.4, 0.5) is 10.3 Å². The van der Waals surface area contributed by atoms with Crippen molar-refractivity contribution in [2.24, 2.45) is 0 Å². The standard InChI is InChI=1S/C19H22FN5/c1-13-9-17-18(22-11-13)23-19(24-7-5-21-6-8-24)25(17)12-15-3-4-16(20)14(2)10-15/h3-4,9-11,21H,5-8,12H2,1-2H3. The van der Waals surface area contributed by atoms with Crippen LogP contribution in [0.1, 0.15) is 16.7 Å². The molecule has 1 aromatic carbocycles. The number of rotatable bonds is 3. The number of nitrogens with zero attached hydrogens (tertiary/aromatic N) is 4. The van der Waals surface area contributed by atoms with Crippen molar-refractivity contribution in [1.82, 2.24) is 19.9 Å². The summed E-state index contributed by atoms with van der Waals surface area (Å²) in [5.41, 5.74) is 4.63. The number of anilines is 1. The Bertz CT molecular complexity index is 912. The molecule has 5 nitrogen and oxygen atoms in total. The van der Waals surface area contributed by atoms with Crippen LogP contribution in [0.5, 0.6) is 0 Å². The number of pyridine rings is 1. The summed E-state index contributed by atoms with van der Waals surface area (Å²) in [5, 5.41) is 3.37. The molecule has 3 heterocycles. The first-order valence-corrected chi connectivity index (χ1v) is 8.65. The molecule has 0 atom stereocenters. The van der Waals surface area contributed by atoms with Gasteiger partial charge in [-0.25, -0.2) is 9.37 Å². The fourth-order valence-corrected chi connectivity index (χ4v) is 3.34. The van der Waals surface area contributed by atoms with Crippen LogP contribution in [0.2, 0.25) is 0 Å². The Morgan fingerprint density at radius 1 is 1.16 bits per heavy atom. The predicted octanol–water partition coefficient (Wildman–Crippen LogP) is 2.65. The predicted molar refractivity (Wildman–Crippen MR) is 97.6 cm³/mol. The number of piperazine rings is 1. The molecule has 1 saturated heterocycles. The Hall–Kier alpha value is -2.47. The minimum atomic E-state index is -0.168. The molecule has 3 aromatic rings. The van der Waals surface area contributed by atoms with Gasteiger partial charge in [0.15, 0.2) is 5.65 Å². The highest BCUT2D eigenvalue weighted by Crippen LogP contribution is 2.24. The van der Waals surface area contributed by atoms with Gasteiger partial charge in [0, 0.05) is 32.4 Å². The quantitative estimate of drug-likeness (QED) is 0.797. The maximum absolute atomic E-state index is 13.6. The number of aryl methyl sites for hydroxylation is 2. The number of hydrogen-bond acceptors (Lipinski definition) is 4. The summed E-state index contributed by atoms with van der Waals surface area (Å²) in [6.45, 7) is 8.23. The van der Waals surface area contributed by atoms with Crippen molar-refractivity contribution in [3.05, 3.63) is 53.0 Å². The van der Waals surface area contributed by atoms with Gasteiger partial charge < -0.3 is 14.8 Å². The molecule has 0 aliphatic carbocycles. The summed E-state index contributed by atoms with van der Waals surface area (Å²) in [6.07, 6.45) is 1.85. The summed E-state index contributed by atoms with van der Waals surface area (Å²) >= 11 is 0. The first-order valence-electron chi connectivity index (χ1n) is 8.65. The molecule has 1 fully saturated rings. The average molecular weight is 339 g/mol. The number of fused-ring (bicyclic) bond motifs is 1.